The summed E-state index contributed by atoms with van der Waals surface area (Å²) >= 11 is 1.93. The first kappa shape index (κ1) is 12.7. The highest BCUT2D eigenvalue weighted by Gasteiger charge is 2.15. The van der Waals surface area contributed by atoms with E-state index in [0.717, 1.165) is 42.3 Å². The maximum absolute atomic E-state index is 14.0. The van der Waals surface area contributed by atoms with Crippen molar-refractivity contribution >= 4 is 17.4 Å². The number of rotatable bonds is 3. The van der Waals surface area contributed by atoms with E-state index in [9.17, 15) is 4.39 Å². The Bertz CT molecular complexity index is 376. The monoisotopic (exact) mass is 254 g/mol. The summed E-state index contributed by atoms with van der Waals surface area (Å²) in [6.45, 7) is 3.82. The van der Waals surface area contributed by atoms with Crippen LogP contribution in [-0.4, -0.2) is 30.6 Å². The van der Waals surface area contributed by atoms with Gasteiger partial charge in [-0.15, -0.1) is 0 Å². The van der Waals surface area contributed by atoms with Gasteiger partial charge in [-0.25, -0.2) is 4.39 Å². The normalized spacial score (nSPS) is 18.2. The van der Waals surface area contributed by atoms with E-state index in [1.807, 2.05) is 30.8 Å². The van der Waals surface area contributed by atoms with Crippen LogP contribution in [0.4, 0.5) is 10.1 Å². The van der Waals surface area contributed by atoms with Crippen molar-refractivity contribution in [3.63, 3.8) is 0 Å². The summed E-state index contributed by atoms with van der Waals surface area (Å²) in [4.78, 5) is 2.13. The minimum Gasteiger partial charge on any atom is -0.368 e. The molecule has 0 radical (unpaired) electrons. The molecule has 0 aliphatic carbocycles. The predicted octanol–water partition coefficient (Wildman–Crippen LogP) is 2.27. The van der Waals surface area contributed by atoms with Gasteiger partial charge < -0.3 is 10.6 Å². The molecule has 17 heavy (non-hydrogen) atoms. The molecule has 1 heterocycles. The predicted molar refractivity (Wildman–Crippen MR) is 73.3 cm³/mol. The minimum atomic E-state index is -0.116. The largest absolute Gasteiger partial charge is 0.368 e. The molecule has 2 rings (SSSR count). The van der Waals surface area contributed by atoms with Crippen LogP contribution in [0.5, 0.6) is 0 Å². The van der Waals surface area contributed by atoms with E-state index in [-0.39, 0.29) is 11.9 Å². The van der Waals surface area contributed by atoms with E-state index in [4.69, 9.17) is 5.73 Å². The summed E-state index contributed by atoms with van der Waals surface area (Å²) in [6.07, 6.45) is 0.729. The van der Waals surface area contributed by atoms with Crippen molar-refractivity contribution in [1.29, 1.82) is 0 Å². The van der Waals surface area contributed by atoms with Crippen LogP contribution in [0, 0.1) is 5.82 Å². The summed E-state index contributed by atoms with van der Waals surface area (Å²) in [5, 5.41) is 0. The van der Waals surface area contributed by atoms with Crippen molar-refractivity contribution in [2.75, 3.05) is 29.5 Å². The van der Waals surface area contributed by atoms with Crippen molar-refractivity contribution in [1.82, 2.24) is 0 Å². The summed E-state index contributed by atoms with van der Waals surface area (Å²) in [5.74, 6) is 2.05. The molecule has 0 saturated carbocycles. The molecular formula is C13H19FN2S. The van der Waals surface area contributed by atoms with Crippen LogP contribution in [-0.2, 0) is 6.42 Å². The minimum absolute atomic E-state index is 0.0756. The van der Waals surface area contributed by atoms with E-state index < -0.39 is 0 Å². The Morgan fingerprint density at radius 1 is 1.41 bits per heavy atom. The molecule has 0 amide bonds. The summed E-state index contributed by atoms with van der Waals surface area (Å²) < 4.78 is 14.0. The van der Waals surface area contributed by atoms with E-state index in [2.05, 4.69) is 4.90 Å². The topological polar surface area (TPSA) is 29.3 Å². The van der Waals surface area contributed by atoms with Crippen LogP contribution < -0.4 is 10.6 Å². The lowest BCUT2D eigenvalue weighted by Crippen LogP contribution is -2.33. The lowest BCUT2D eigenvalue weighted by molar-refractivity contribution is 0.615. The van der Waals surface area contributed by atoms with Crippen molar-refractivity contribution < 1.29 is 4.39 Å². The second kappa shape index (κ2) is 5.74. The average molecular weight is 254 g/mol. The standard InChI is InChI=1S/C13H19FN2S/c1-10(15)8-11-2-3-13(12(14)9-11)16-4-6-17-7-5-16/h2-3,9-10H,4-8,15H2,1H3. The number of nitrogens with zero attached hydrogens (tertiary/aromatic N) is 1. The van der Waals surface area contributed by atoms with Gasteiger partial charge in [0.2, 0.25) is 0 Å². The van der Waals surface area contributed by atoms with E-state index in [1.54, 1.807) is 6.07 Å². The molecule has 4 heteroatoms. The molecule has 1 aromatic carbocycles. The van der Waals surface area contributed by atoms with Gasteiger partial charge >= 0.3 is 0 Å². The Kier molecular flexibility index (Phi) is 4.29. The van der Waals surface area contributed by atoms with E-state index in [0.29, 0.717) is 0 Å². The van der Waals surface area contributed by atoms with Crippen LogP contribution >= 0.6 is 11.8 Å². The third kappa shape index (κ3) is 3.36. The zero-order valence-electron chi connectivity index (χ0n) is 10.2. The second-order valence-electron chi connectivity index (χ2n) is 4.57. The summed E-state index contributed by atoms with van der Waals surface area (Å²) in [6, 6.07) is 5.58. The Morgan fingerprint density at radius 3 is 2.71 bits per heavy atom. The highest BCUT2D eigenvalue weighted by atomic mass is 32.2. The number of hydrogen-bond acceptors (Lipinski definition) is 3. The van der Waals surface area contributed by atoms with Crippen LogP contribution in [0.1, 0.15) is 12.5 Å². The maximum atomic E-state index is 14.0. The van der Waals surface area contributed by atoms with Gasteiger partial charge in [0.05, 0.1) is 5.69 Å². The molecule has 1 aliphatic heterocycles. The van der Waals surface area contributed by atoms with Crippen molar-refractivity contribution in [3.8, 4) is 0 Å². The zero-order valence-corrected chi connectivity index (χ0v) is 11.0. The second-order valence-corrected chi connectivity index (χ2v) is 5.79. The molecule has 2 nitrogen and oxygen atoms in total. The molecule has 1 atom stereocenters. The quantitative estimate of drug-likeness (QED) is 0.897. The number of hydrogen-bond donors (Lipinski definition) is 1. The maximum Gasteiger partial charge on any atom is 0.146 e. The average Bonchev–Trinajstić information content (AvgIpc) is 2.29. The Labute approximate surface area is 106 Å². The molecule has 0 spiro atoms. The van der Waals surface area contributed by atoms with Gasteiger partial charge in [0.25, 0.3) is 0 Å². The highest BCUT2D eigenvalue weighted by Crippen LogP contribution is 2.24. The molecule has 1 unspecified atom stereocenters. The first-order chi connectivity index (χ1) is 8.16. The number of benzene rings is 1. The fourth-order valence-corrected chi connectivity index (χ4v) is 3.01. The van der Waals surface area contributed by atoms with Crippen molar-refractivity contribution in [2.45, 2.75) is 19.4 Å². The molecule has 1 aliphatic rings. The zero-order chi connectivity index (χ0) is 12.3. The lowest BCUT2D eigenvalue weighted by atomic mass is 10.1. The molecule has 2 N–H and O–H groups in total. The first-order valence-corrected chi connectivity index (χ1v) is 7.19. The smallest absolute Gasteiger partial charge is 0.146 e. The molecule has 1 saturated heterocycles. The Balaban J connectivity index is 2.13. The molecular weight excluding hydrogens is 235 g/mol. The van der Waals surface area contributed by atoms with Gasteiger partial charge in [0, 0.05) is 30.6 Å². The SMILES string of the molecule is CC(N)Cc1ccc(N2CCSCC2)c(F)c1. The fourth-order valence-electron chi connectivity index (χ4n) is 2.11. The lowest BCUT2D eigenvalue weighted by Gasteiger charge is -2.29. The third-order valence-electron chi connectivity index (χ3n) is 2.92. The van der Waals surface area contributed by atoms with Crippen molar-refractivity contribution in [3.05, 3.63) is 29.6 Å². The summed E-state index contributed by atoms with van der Waals surface area (Å²) in [5.41, 5.74) is 7.43. The van der Waals surface area contributed by atoms with Gasteiger partial charge in [-0.2, -0.15) is 11.8 Å². The summed E-state index contributed by atoms with van der Waals surface area (Å²) in [7, 11) is 0. The van der Waals surface area contributed by atoms with E-state index in [1.165, 1.54) is 0 Å². The number of anilines is 1. The number of thioether (sulfide) groups is 1. The van der Waals surface area contributed by atoms with Gasteiger partial charge in [0.1, 0.15) is 5.82 Å². The van der Waals surface area contributed by atoms with Crippen molar-refractivity contribution in [2.24, 2.45) is 5.73 Å². The molecule has 1 fully saturated rings. The van der Waals surface area contributed by atoms with E-state index >= 15 is 0 Å². The molecule has 94 valence electrons. The first-order valence-electron chi connectivity index (χ1n) is 6.03. The third-order valence-corrected chi connectivity index (χ3v) is 3.86. The van der Waals surface area contributed by atoms with Crippen LogP contribution in [0.2, 0.25) is 0 Å². The van der Waals surface area contributed by atoms with Gasteiger partial charge in [-0.3, -0.25) is 0 Å². The highest BCUT2D eigenvalue weighted by molar-refractivity contribution is 7.99. The molecule has 0 aromatic heterocycles. The van der Waals surface area contributed by atoms with Crippen LogP contribution in [0.3, 0.4) is 0 Å². The van der Waals surface area contributed by atoms with Crippen LogP contribution in [0.25, 0.3) is 0 Å². The number of halogens is 1. The van der Waals surface area contributed by atoms with Gasteiger partial charge in [0.15, 0.2) is 0 Å². The van der Waals surface area contributed by atoms with Gasteiger partial charge in [-0.1, -0.05) is 6.07 Å². The number of nitrogens with two attached hydrogens (primary N) is 1. The Morgan fingerprint density at radius 2 is 2.12 bits per heavy atom. The fraction of sp³-hybridized carbons (Fsp3) is 0.538. The molecule has 1 aromatic rings. The van der Waals surface area contributed by atoms with Gasteiger partial charge in [-0.05, 0) is 31.0 Å². The van der Waals surface area contributed by atoms with Crippen LogP contribution in [0.15, 0.2) is 18.2 Å². The Hall–Kier alpha value is -0.740. The molecule has 0 bridgehead atoms.